The van der Waals surface area contributed by atoms with Gasteiger partial charge in [-0.25, -0.2) is 0 Å². The molecule has 2 aliphatic rings. The van der Waals surface area contributed by atoms with Gasteiger partial charge < -0.3 is 0 Å². The molecule has 2 aromatic heterocycles. The van der Waals surface area contributed by atoms with Crippen molar-refractivity contribution in [3.63, 3.8) is 0 Å². The van der Waals surface area contributed by atoms with Gasteiger partial charge in [-0.1, -0.05) is 0 Å². The summed E-state index contributed by atoms with van der Waals surface area (Å²) in [6, 6.07) is 11.2. The van der Waals surface area contributed by atoms with Crippen LogP contribution in [0.5, 0.6) is 23.0 Å². The van der Waals surface area contributed by atoms with Gasteiger partial charge in [0.2, 0.25) is 0 Å². The van der Waals surface area contributed by atoms with Gasteiger partial charge in [0, 0.05) is 0 Å². The van der Waals surface area contributed by atoms with Crippen LogP contribution in [0.4, 0.5) is 0 Å². The van der Waals surface area contributed by atoms with Gasteiger partial charge in [-0.3, -0.25) is 0 Å². The van der Waals surface area contributed by atoms with Gasteiger partial charge in [0.15, 0.2) is 0 Å². The first-order valence-corrected chi connectivity index (χ1v) is 19.1. The van der Waals surface area contributed by atoms with Crippen LogP contribution in [0.2, 0.25) is 0 Å². The molecule has 10 nitrogen and oxygen atoms in total. The third-order valence-corrected chi connectivity index (χ3v) is 13.6. The van der Waals surface area contributed by atoms with Gasteiger partial charge in [0.1, 0.15) is 0 Å². The van der Waals surface area contributed by atoms with Gasteiger partial charge >= 0.3 is 284 Å². The molecular weight excluding hydrogens is 738 g/mol. The number of fused-ring (bicyclic) bond motifs is 2. The van der Waals surface area contributed by atoms with Crippen LogP contribution in [-0.4, -0.2) is 90.2 Å². The first-order valence-electron chi connectivity index (χ1n) is 15.7. The molecule has 6 rings (SSSR count). The molecule has 2 N–H and O–H groups in total. The van der Waals surface area contributed by atoms with E-state index >= 15 is 0 Å². The summed E-state index contributed by atoms with van der Waals surface area (Å²) in [5.41, 5.74) is 0. The van der Waals surface area contributed by atoms with E-state index in [-0.39, 0.29) is 65.3 Å². The van der Waals surface area contributed by atoms with Gasteiger partial charge in [0.05, 0.1) is 0 Å². The third-order valence-electron chi connectivity index (χ3n) is 8.79. The molecule has 0 saturated heterocycles. The zero-order chi connectivity index (χ0) is 33.2. The van der Waals surface area contributed by atoms with Gasteiger partial charge in [-0.2, -0.15) is 0 Å². The van der Waals surface area contributed by atoms with Crippen LogP contribution in [0.15, 0.2) is 36.4 Å². The molecule has 2 aliphatic carbocycles. The van der Waals surface area contributed by atoms with E-state index in [1.165, 1.54) is 0 Å². The summed E-state index contributed by atoms with van der Waals surface area (Å²) in [6.45, 7) is 0.691. The van der Waals surface area contributed by atoms with E-state index in [0.717, 1.165) is 45.0 Å². The predicted molar refractivity (Wildman–Crippen MR) is 176 cm³/mol. The standard InChI is InChI=1S/C35H36O10Se2/c1-42-26-16-30-20(12-32(46-30)24(36)14-22(34(38)39)18-4-5-18)10-28(26)44-8-3-9-45-29-11-21-13-33(47-31(21)17-27(29)43-2)25(37)15-23(35(40)41)19-6-7-19/h10-13,16-19,22-23H,3-9,14-15H2,1-2H3,(H,38,39)(H,40,41). The summed E-state index contributed by atoms with van der Waals surface area (Å²) in [5, 5.41) is 20.9. The number of hydrogen-bond acceptors (Lipinski definition) is 8. The van der Waals surface area contributed by atoms with Crippen LogP contribution in [0.3, 0.4) is 0 Å². The Hall–Kier alpha value is -3.56. The molecule has 2 fully saturated rings. The number of rotatable bonds is 18. The predicted octanol–water partition coefficient (Wildman–Crippen LogP) is 5.34. The van der Waals surface area contributed by atoms with Gasteiger partial charge in [0.25, 0.3) is 0 Å². The number of carboxylic acid groups (broad SMARTS) is 2. The fraction of sp³-hybridized carbons (Fsp3) is 0.429. The van der Waals surface area contributed by atoms with Gasteiger partial charge in [-0.15, -0.1) is 0 Å². The monoisotopic (exact) mass is 776 g/mol. The van der Waals surface area contributed by atoms with E-state index in [0.29, 0.717) is 51.5 Å². The quantitative estimate of drug-likeness (QED) is 0.0773. The van der Waals surface area contributed by atoms with Crippen molar-refractivity contribution in [2.45, 2.75) is 44.9 Å². The molecule has 0 radical (unpaired) electrons. The number of Topliss-reactive ketones (excluding diaryl/α,β-unsaturated/α-hetero) is 2. The molecular formula is C35H36O10Se2. The summed E-state index contributed by atoms with van der Waals surface area (Å²) in [6.07, 6.45) is 4.13. The fourth-order valence-electron chi connectivity index (χ4n) is 5.85. The van der Waals surface area contributed by atoms with Crippen molar-refractivity contribution in [2.75, 3.05) is 27.4 Å². The Balaban J connectivity index is 1.06. The Morgan fingerprint density at radius 3 is 1.40 bits per heavy atom. The number of hydrogen-bond donors (Lipinski definition) is 2. The van der Waals surface area contributed by atoms with E-state index in [1.807, 2.05) is 36.4 Å². The Morgan fingerprint density at radius 2 is 1.06 bits per heavy atom. The molecule has 2 unspecified atom stereocenters. The normalized spacial score (nSPS) is 15.7. The zero-order valence-electron chi connectivity index (χ0n) is 26.1. The molecule has 2 atom stereocenters. The zero-order valence-corrected chi connectivity index (χ0v) is 29.5. The molecule has 0 spiro atoms. The maximum atomic E-state index is 13.0. The number of benzene rings is 2. The molecule has 2 saturated carbocycles. The molecule has 2 heterocycles. The Morgan fingerprint density at radius 1 is 0.660 bits per heavy atom. The van der Waals surface area contributed by atoms with Crippen molar-refractivity contribution in [1.29, 1.82) is 0 Å². The molecule has 0 amide bonds. The summed E-state index contributed by atoms with van der Waals surface area (Å²) < 4.78 is 26.6. The average Bonchev–Trinajstić information content (AvgIpc) is 3.98. The number of aliphatic carboxylic acids is 2. The minimum absolute atomic E-state index is 0.0428. The van der Waals surface area contributed by atoms with E-state index in [1.54, 1.807) is 14.2 Å². The second kappa shape index (κ2) is 14.3. The van der Waals surface area contributed by atoms with Crippen LogP contribution < -0.4 is 18.9 Å². The number of carbonyl (C=O) groups excluding carboxylic acids is 2. The van der Waals surface area contributed by atoms with Crippen LogP contribution in [0, 0.1) is 23.7 Å². The van der Waals surface area contributed by atoms with Crippen LogP contribution in [-0.2, 0) is 9.59 Å². The van der Waals surface area contributed by atoms with Crippen molar-refractivity contribution in [3.05, 3.63) is 45.3 Å². The Bertz CT molecular complexity index is 1700. The van der Waals surface area contributed by atoms with Crippen molar-refractivity contribution in [3.8, 4) is 23.0 Å². The van der Waals surface area contributed by atoms with Gasteiger partial charge in [-0.05, 0) is 0 Å². The first-order chi connectivity index (χ1) is 22.6. The number of ketones is 2. The minimum atomic E-state index is -0.893. The van der Waals surface area contributed by atoms with Crippen molar-refractivity contribution in [1.82, 2.24) is 0 Å². The van der Waals surface area contributed by atoms with E-state index < -0.39 is 23.8 Å². The molecule has 47 heavy (non-hydrogen) atoms. The van der Waals surface area contributed by atoms with E-state index in [4.69, 9.17) is 18.9 Å². The molecule has 0 aliphatic heterocycles. The fourth-order valence-corrected chi connectivity index (χ4v) is 10.1. The van der Waals surface area contributed by atoms with Crippen molar-refractivity contribution >= 4 is 71.8 Å². The average molecular weight is 775 g/mol. The Kier molecular flexibility index (Phi) is 10.1. The van der Waals surface area contributed by atoms with Crippen LogP contribution >= 0.6 is 0 Å². The number of carboxylic acids is 2. The molecule has 248 valence electrons. The van der Waals surface area contributed by atoms with Crippen LogP contribution in [0.1, 0.15) is 63.4 Å². The number of carbonyl (C=O) groups is 4. The van der Waals surface area contributed by atoms with Crippen LogP contribution in [0.25, 0.3) is 19.3 Å². The van der Waals surface area contributed by atoms with Crippen molar-refractivity contribution < 1.29 is 48.3 Å². The van der Waals surface area contributed by atoms with Crippen molar-refractivity contribution in [2.24, 2.45) is 23.7 Å². The molecule has 12 heteroatoms. The molecule has 4 aromatic rings. The molecule has 2 aromatic carbocycles. The number of methoxy groups -OCH3 is 2. The topological polar surface area (TPSA) is 146 Å². The van der Waals surface area contributed by atoms with E-state index in [2.05, 4.69) is 0 Å². The summed E-state index contributed by atoms with van der Waals surface area (Å²) >= 11 is -0.453. The summed E-state index contributed by atoms with van der Waals surface area (Å²) in [5.74, 6) is -0.721. The summed E-state index contributed by atoms with van der Waals surface area (Å²) in [4.78, 5) is 49.2. The van der Waals surface area contributed by atoms with E-state index in [9.17, 15) is 29.4 Å². The SMILES string of the molecule is COc1cc2[se]c(C(=O)CC(C(=O)O)C3CC3)cc2cc1OCCCOc1cc2cc(C(=O)CC(C(=O)O)C3CC3)[se]c2cc1OC. The maximum absolute atomic E-state index is 13.0. The second-order valence-corrected chi connectivity index (χ2v) is 16.7. The third kappa shape index (κ3) is 7.78. The summed E-state index contributed by atoms with van der Waals surface area (Å²) in [7, 11) is 3.14. The second-order valence-electron chi connectivity index (χ2n) is 12.2. The molecule has 0 bridgehead atoms. The first kappa shape index (κ1) is 33.3. The number of ether oxygens (including phenoxy) is 4. The Labute approximate surface area is 283 Å².